The van der Waals surface area contributed by atoms with Gasteiger partial charge in [0.25, 0.3) is 0 Å². The molecule has 94 valence electrons. The molecule has 0 radical (unpaired) electrons. The minimum atomic E-state index is -4.48. The Hall–Kier alpha value is -1.73. The van der Waals surface area contributed by atoms with E-state index in [1.165, 1.54) is 6.92 Å². The summed E-state index contributed by atoms with van der Waals surface area (Å²) in [7, 11) is 0. The fourth-order valence-corrected chi connectivity index (χ4v) is 0.983. The molecule has 0 bridgehead atoms. The van der Waals surface area contributed by atoms with Crippen molar-refractivity contribution in [2.45, 2.75) is 12.8 Å². The van der Waals surface area contributed by atoms with Gasteiger partial charge in [-0.05, 0) is 6.92 Å². The zero-order valence-electron chi connectivity index (χ0n) is 8.44. The summed E-state index contributed by atoms with van der Waals surface area (Å²) >= 11 is 0. The van der Waals surface area contributed by atoms with Gasteiger partial charge in [-0.3, -0.25) is 0 Å². The molecule has 0 aliphatic carbocycles. The van der Waals surface area contributed by atoms with E-state index in [9.17, 15) is 26.7 Å². The van der Waals surface area contributed by atoms with Crippen LogP contribution in [0.25, 0.3) is 0 Å². The molecule has 1 heterocycles. The maximum Gasteiger partial charge on any atom is 0.387 e. The first-order valence-corrected chi connectivity index (χ1v) is 4.37. The molecule has 1 rings (SSSR count). The van der Waals surface area contributed by atoms with Gasteiger partial charge in [-0.25, -0.2) is 18.6 Å². The standard InChI is InChI=1S/C9H6F5NO2/c1-2-17-8(16)9(13,14)6-4(10)3-5(11)7(12)15-6/h3H,2H2,1H3. The summed E-state index contributed by atoms with van der Waals surface area (Å²) in [6.45, 7) is 0.878. The zero-order chi connectivity index (χ0) is 13.2. The van der Waals surface area contributed by atoms with Crippen LogP contribution >= 0.6 is 0 Å². The first-order valence-electron chi connectivity index (χ1n) is 4.37. The van der Waals surface area contributed by atoms with Gasteiger partial charge in [0, 0.05) is 6.07 Å². The number of aromatic nitrogens is 1. The lowest BCUT2D eigenvalue weighted by Crippen LogP contribution is -2.31. The molecule has 3 nitrogen and oxygen atoms in total. The summed E-state index contributed by atoms with van der Waals surface area (Å²) in [6.07, 6.45) is 0. The Morgan fingerprint density at radius 2 is 1.94 bits per heavy atom. The van der Waals surface area contributed by atoms with Crippen molar-refractivity contribution in [2.75, 3.05) is 6.61 Å². The molecule has 0 aliphatic heterocycles. The Balaban J connectivity index is 3.23. The number of hydrogen-bond acceptors (Lipinski definition) is 3. The fourth-order valence-electron chi connectivity index (χ4n) is 0.983. The predicted molar refractivity (Wildman–Crippen MR) is 44.6 cm³/mol. The first kappa shape index (κ1) is 13.3. The van der Waals surface area contributed by atoms with Crippen LogP contribution in [0.15, 0.2) is 6.07 Å². The Labute approximate surface area is 92.2 Å². The summed E-state index contributed by atoms with van der Waals surface area (Å²) in [4.78, 5) is 13.2. The predicted octanol–water partition coefficient (Wildman–Crippen LogP) is 2.15. The van der Waals surface area contributed by atoms with Crippen LogP contribution in [-0.2, 0) is 15.5 Å². The molecule has 8 heteroatoms. The maximum absolute atomic E-state index is 13.2. The van der Waals surface area contributed by atoms with Gasteiger partial charge in [-0.2, -0.15) is 13.2 Å². The summed E-state index contributed by atoms with van der Waals surface area (Å²) in [5.74, 6) is -12.1. The lowest BCUT2D eigenvalue weighted by molar-refractivity contribution is -0.174. The van der Waals surface area contributed by atoms with Gasteiger partial charge in [0.05, 0.1) is 6.61 Å². The number of esters is 1. The number of pyridine rings is 1. The molecule has 0 aromatic carbocycles. The summed E-state index contributed by atoms with van der Waals surface area (Å²) in [5.41, 5.74) is -1.81. The third-order valence-corrected chi connectivity index (χ3v) is 1.72. The summed E-state index contributed by atoms with van der Waals surface area (Å²) in [5, 5.41) is 0. The van der Waals surface area contributed by atoms with E-state index in [1.54, 1.807) is 0 Å². The van der Waals surface area contributed by atoms with Crippen LogP contribution in [0.5, 0.6) is 0 Å². The molecule has 0 atom stereocenters. The number of halogens is 5. The zero-order valence-corrected chi connectivity index (χ0v) is 8.44. The van der Waals surface area contributed by atoms with Crippen molar-refractivity contribution in [1.29, 1.82) is 0 Å². The minimum absolute atomic E-state index is 0.120. The molecular weight excluding hydrogens is 249 g/mol. The van der Waals surface area contributed by atoms with E-state index in [1.807, 2.05) is 0 Å². The van der Waals surface area contributed by atoms with E-state index in [2.05, 4.69) is 9.72 Å². The molecule has 1 aromatic rings. The van der Waals surface area contributed by atoms with Gasteiger partial charge in [0.2, 0.25) is 5.95 Å². The summed E-state index contributed by atoms with van der Waals surface area (Å²) < 4.78 is 68.5. The molecule has 0 unspecified atom stereocenters. The number of ether oxygens (including phenoxy) is 1. The van der Waals surface area contributed by atoms with Gasteiger partial charge in [-0.1, -0.05) is 0 Å². The van der Waals surface area contributed by atoms with Gasteiger partial charge >= 0.3 is 11.9 Å². The Morgan fingerprint density at radius 1 is 1.35 bits per heavy atom. The lowest BCUT2D eigenvalue weighted by Gasteiger charge is -2.14. The monoisotopic (exact) mass is 255 g/mol. The van der Waals surface area contributed by atoms with E-state index < -0.39 is 35.2 Å². The highest BCUT2D eigenvalue weighted by atomic mass is 19.3. The normalized spacial score (nSPS) is 11.4. The average molecular weight is 255 g/mol. The molecule has 0 N–H and O–H groups in total. The van der Waals surface area contributed by atoms with Gasteiger partial charge < -0.3 is 4.74 Å². The molecule has 0 saturated heterocycles. The van der Waals surface area contributed by atoms with Crippen LogP contribution in [-0.4, -0.2) is 17.6 Å². The second kappa shape index (κ2) is 4.64. The quantitative estimate of drug-likeness (QED) is 0.472. The topological polar surface area (TPSA) is 39.2 Å². The Morgan fingerprint density at radius 3 is 2.47 bits per heavy atom. The third-order valence-electron chi connectivity index (χ3n) is 1.72. The van der Waals surface area contributed by atoms with Gasteiger partial charge in [0.1, 0.15) is 0 Å². The van der Waals surface area contributed by atoms with E-state index in [-0.39, 0.29) is 12.7 Å². The minimum Gasteiger partial charge on any atom is -0.461 e. The lowest BCUT2D eigenvalue weighted by atomic mass is 10.2. The first-order chi connectivity index (χ1) is 7.80. The molecule has 17 heavy (non-hydrogen) atoms. The SMILES string of the molecule is CCOC(=O)C(F)(F)c1nc(F)c(F)cc1F. The van der Waals surface area contributed by atoms with Crippen molar-refractivity contribution < 1.29 is 31.5 Å². The summed E-state index contributed by atoms with van der Waals surface area (Å²) in [6, 6.07) is -0.120. The highest BCUT2D eigenvalue weighted by Gasteiger charge is 2.47. The van der Waals surface area contributed by atoms with Crippen molar-refractivity contribution in [3.8, 4) is 0 Å². The number of carbonyl (C=O) groups is 1. The number of carbonyl (C=O) groups excluding carboxylic acids is 1. The number of nitrogens with zero attached hydrogens (tertiary/aromatic N) is 1. The van der Waals surface area contributed by atoms with Crippen molar-refractivity contribution in [1.82, 2.24) is 4.98 Å². The highest BCUT2D eigenvalue weighted by Crippen LogP contribution is 2.30. The second-order valence-electron chi connectivity index (χ2n) is 2.89. The van der Waals surface area contributed by atoms with Gasteiger partial charge in [-0.15, -0.1) is 0 Å². The van der Waals surface area contributed by atoms with E-state index in [0.717, 1.165) is 0 Å². The van der Waals surface area contributed by atoms with Crippen LogP contribution < -0.4 is 0 Å². The molecule has 0 saturated carbocycles. The molecule has 1 aromatic heterocycles. The Kier molecular flexibility index (Phi) is 3.64. The molecule has 0 fully saturated rings. The number of rotatable bonds is 3. The van der Waals surface area contributed by atoms with Crippen LogP contribution in [0.3, 0.4) is 0 Å². The van der Waals surface area contributed by atoms with E-state index >= 15 is 0 Å². The van der Waals surface area contributed by atoms with Crippen LogP contribution in [0.2, 0.25) is 0 Å². The molecular formula is C9H6F5NO2. The smallest absolute Gasteiger partial charge is 0.387 e. The fraction of sp³-hybridized carbons (Fsp3) is 0.333. The molecule has 0 amide bonds. The van der Waals surface area contributed by atoms with Crippen LogP contribution in [0.1, 0.15) is 12.6 Å². The average Bonchev–Trinajstić information content (AvgIpc) is 2.23. The molecule has 0 aliphatic rings. The van der Waals surface area contributed by atoms with E-state index in [0.29, 0.717) is 0 Å². The van der Waals surface area contributed by atoms with Crippen LogP contribution in [0.4, 0.5) is 22.0 Å². The van der Waals surface area contributed by atoms with E-state index in [4.69, 9.17) is 0 Å². The van der Waals surface area contributed by atoms with Crippen molar-refractivity contribution >= 4 is 5.97 Å². The third kappa shape index (κ3) is 2.51. The second-order valence-corrected chi connectivity index (χ2v) is 2.89. The van der Waals surface area contributed by atoms with Crippen molar-refractivity contribution in [3.63, 3.8) is 0 Å². The van der Waals surface area contributed by atoms with Gasteiger partial charge in [0.15, 0.2) is 17.3 Å². The van der Waals surface area contributed by atoms with Crippen LogP contribution in [0, 0.1) is 17.6 Å². The number of hydrogen-bond donors (Lipinski definition) is 0. The molecule has 0 spiro atoms. The van der Waals surface area contributed by atoms with Crippen molar-refractivity contribution in [3.05, 3.63) is 29.3 Å². The Bertz CT molecular complexity index is 449. The number of alkyl halides is 2. The van der Waals surface area contributed by atoms with Crippen molar-refractivity contribution in [2.24, 2.45) is 0 Å². The largest absolute Gasteiger partial charge is 0.461 e. The highest BCUT2D eigenvalue weighted by molar-refractivity contribution is 5.78. The maximum atomic E-state index is 13.2.